The predicted molar refractivity (Wildman–Crippen MR) is 122 cm³/mol. The molecule has 2 fully saturated rings. The largest absolute Gasteiger partial charge is 0.492 e. The van der Waals surface area contributed by atoms with Gasteiger partial charge in [0, 0.05) is 44.0 Å². The number of carbonyl (C=O) groups is 2. The number of carbonyl (C=O) groups excluding carboxylic acids is 2. The van der Waals surface area contributed by atoms with Crippen molar-refractivity contribution < 1.29 is 22.7 Å². The van der Waals surface area contributed by atoms with Crippen molar-refractivity contribution >= 4 is 38.9 Å². The van der Waals surface area contributed by atoms with Gasteiger partial charge in [-0.25, -0.2) is 8.42 Å². The number of para-hydroxylation sites is 2. The average molecular weight is 478 g/mol. The van der Waals surface area contributed by atoms with Gasteiger partial charge in [-0.15, -0.1) is 11.3 Å². The van der Waals surface area contributed by atoms with Gasteiger partial charge in [-0.1, -0.05) is 12.1 Å². The standard InChI is InChI=1S/C22H27N3O5S2/c1-3-30-19-7-5-4-6-18(19)25-15-17(14-20(25)26)22(27)23-10-12-24(13-11-23)32(28,29)21-9-8-16(2)31-21/h4-9,17H,3,10-15H2,1-2H3. The SMILES string of the molecule is CCOc1ccccc1N1CC(C(=O)N2CCN(S(=O)(=O)c3ccc(C)s3)CC2)CC1=O. The number of aryl methyl sites for hydroxylation is 1. The number of benzene rings is 1. The van der Waals surface area contributed by atoms with Gasteiger partial charge >= 0.3 is 0 Å². The molecule has 0 aliphatic carbocycles. The fourth-order valence-corrected chi connectivity index (χ4v) is 7.01. The Labute approximate surface area is 192 Å². The number of amides is 2. The Morgan fingerprint density at radius 1 is 1.12 bits per heavy atom. The molecule has 0 saturated carbocycles. The first-order chi connectivity index (χ1) is 15.3. The molecule has 4 rings (SSSR count). The molecule has 2 amide bonds. The molecule has 0 radical (unpaired) electrons. The Morgan fingerprint density at radius 3 is 2.50 bits per heavy atom. The zero-order valence-corrected chi connectivity index (χ0v) is 19.8. The van der Waals surface area contributed by atoms with E-state index in [1.54, 1.807) is 21.9 Å². The Morgan fingerprint density at radius 2 is 1.84 bits per heavy atom. The second-order valence-electron chi connectivity index (χ2n) is 7.90. The Hall–Kier alpha value is -2.43. The maximum absolute atomic E-state index is 13.1. The van der Waals surface area contributed by atoms with Gasteiger partial charge < -0.3 is 14.5 Å². The van der Waals surface area contributed by atoms with Crippen LogP contribution in [0.25, 0.3) is 0 Å². The first-order valence-electron chi connectivity index (χ1n) is 10.7. The summed E-state index contributed by atoms with van der Waals surface area (Å²) >= 11 is 1.26. The summed E-state index contributed by atoms with van der Waals surface area (Å²) in [4.78, 5) is 30.0. The minimum atomic E-state index is -3.54. The molecule has 2 saturated heterocycles. The number of thiophene rings is 1. The molecule has 2 aromatic rings. The Balaban J connectivity index is 1.39. The maximum Gasteiger partial charge on any atom is 0.252 e. The molecular formula is C22H27N3O5S2. The lowest BCUT2D eigenvalue weighted by Gasteiger charge is -2.35. The number of rotatable bonds is 6. The summed E-state index contributed by atoms with van der Waals surface area (Å²) in [7, 11) is -3.54. The fourth-order valence-electron chi connectivity index (χ4n) is 4.15. The molecular weight excluding hydrogens is 450 g/mol. The Bertz CT molecular complexity index is 1110. The van der Waals surface area contributed by atoms with Crippen molar-refractivity contribution in [1.82, 2.24) is 9.21 Å². The third-order valence-corrected chi connectivity index (χ3v) is 9.16. The van der Waals surface area contributed by atoms with E-state index in [0.717, 1.165) is 4.88 Å². The molecule has 32 heavy (non-hydrogen) atoms. The minimum Gasteiger partial charge on any atom is -0.492 e. The zero-order chi connectivity index (χ0) is 22.9. The molecule has 0 N–H and O–H groups in total. The number of hydrogen-bond donors (Lipinski definition) is 0. The van der Waals surface area contributed by atoms with Crippen molar-refractivity contribution in [2.24, 2.45) is 5.92 Å². The highest BCUT2D eigenvalue weighted by Crippen LogP contribution is 2.34. The molecule has 10 heteroatoms. The summed E-state index contributed by atoms with van der Waals surface area (Å²) in [6, 6.07) is 10.8. The monoisotopic (exact) mass is 477 g/mol. The lowest BCUT2D eigenvalue weighted by Crippen LogP contribution is -2.52. The topological polar surface area (TPSA) is 87.2 Å². The molecule has 2 aliphatic rings. The highest BCUT2D eigenvalue weighted by molar-refractivity contribution is 7.91. The van der Waals surface area contributed by atoms with Crippen LogP contribution in [0.3, 0.4) is 0 Å². The van der Waals surface area contributed by atoms with Crippen molar-refractivity contribution in [2.75, 3.05) is 44.2 Å². The Kier molecular flexibility index (Phi) is 6.55. The molecule has 1 atom stereocenters. The maximum atomic E-state index is 13.1. The van der Waals surface area contributed by atoms with Crippen LogP contribution < -0.4 is 9.64 Å². The van der Waals surface area contributed by atoms with Gasteiger partial charge in [0.15, 0.2) is 0 Å². The lowest BCUT2D eigenvalue weighted by molar-refractivity contribution is -0.136. The summed E-state index contributed by atoms with van der Waals surface area (Å²) < 4.78 is 33.1. The molecule has 172 valence electrons. The third kappa shape index (κ3) is 4.39. The van der Waals surface area contributed by atoms with Crippen LogP contribution in [-0.4, -0.2) is 68.8 Å². The molecule has 0 bridgehead atoms. The summed E-state index contributed by atoms with van der Waals surface area (Å²) in [6.07, 6.45) is 0.145. The highest BCUT2D eigenvalue weighted by Gasteiger charge is 2.39. The summed E-state index contributed by atoms with van der Waals surface area (Å²) in [5.41, 5.74) is 0.678. The molecule has 3 heterocycles. The molecule has 1 aromatic heterocycles. The van der Waals surface area contributed by atoms with Gasteiger partial charge in [-0.05, 0) is 38.1 Å². The lowest BCUT2D eigenvalue weighted by atomic mass is 10.1. The normalized spacial score (nSPS) is 20.1. The third-order valence-electron chi connectivity index (χ3n) is 5.79. The van der Waals surface area contributed by atoms with Crippen molar-refractivity contribution in [3.63, 3.8) is 0 Å². The number of ether oxygens (including phenoxy) is 1. The number of nitrogens with zero attached hydrogens (tertiary/aromatic N) is 3. The van der Waals surface area contributed by atoms with Gasteiger partial charge in [0.25, 0.3) is 10.0 Å². The van der Waals surface area contributed by atoms with Crippen LogP contribution in [-0.2, 0) is 19.6 Å². The van der Waals surface area contributed by atoms with E-state index in [1.165, 1.54) is 15.6 Å². The molecule has 1 unspecified atom stereocenters. The minimum absolute atomic E-state index is 0.0984. The highest BCUT2D eigenvalue weighted by atomic mass is 32.2. The second-order valence-corrected chi connectivity index (χ2v) is 11.4. The van der Waals surface area contributed by atoms with Crippen LogP contribution >= 0.6 is 11.3 Å². The van der Waals surface area contributed by atoms with E-state index in [0.29, 0.717) is 41.9 Å². The van der Waals surface area contributed by atoms with E-state index >= 15 is 0 Å². The van der Waals surface area contributed by atoms with Gasteiger partial charge in [-0.3, -0.25) is 9.59 Å². The number of sulfonamides is 1. The van der Waals surface area contributed by atoms with Gasteiger partial charge in [0.2, 0.25) is 11.8 Å². The van der Waals surface area contributed by atoms with Crippen molar-refractivity contribution in [1.29, 1.82) is 0 Å². The van der Waals surface area contributed by atoms with E-state index in [1.807, 2.05) is 38.1 Å². The van der Waals surface area contributed by atoms with E-state index in [-0.39, 0.29) is 31.3 Å². The van der Waals surface area contributed by atoms with Crippen LogP contribution in [0.4, 0.5) is 5.69 Å². The van der Waals surface area contributed by atoms with Crippen LogP contribution in [0.2, 0.25) is 0 Å². The molecule has 1 aromatic carbocycles. The van der Waals surface area contributed by atoms with Crippen LogP contribution in [0, 0.1) is 12.8 Å². The van der Waals surface area contributed by atoms with Crippen molar-refractivity contribution in [2.45, 2.75) is 24.5 Å². The van der Waals surface area contributed by atoms with E-state index in [4.69, 9.17) is 4.74 Å². The van der Waals surface area contributed by atoms with Crippen LogP contribution in [0.5, 0.6) is 5.75 Å². The molecule has 2 aliphatic heterocycles. The molecule has 0 spiro atoms. The van der Waals surface area contributed by atoms with E-state index in [2.05, 4.69) is 0 Å². The second kappa shape index (κ2) is 9.21. The summed E-state index contributed by atoms with van der Waals surface area (Å²) in [5, 5.41) is 0. The van der Waals surface area contributed by atoms with Crippen LogP contribution in [0.15, 0.2) is 40.6 Å². The smallest absolute Gasteiger partial charge is 0.252 e. The number of anilines is 1. The van der Waals surface area contributed by atoms with Gasteiger partial charge in [0.05, 0.1) is 18.2 Å². The van der Waals surface area contributed by atoms with Crippen molar-refractivity contribution in [3.8, 4) is 5.75 Å². The number of hydrogen-bond acceptors (Lipinski definition) is 6. The van der Waals surface area contributed by atoms with Crippen LogP contribution in [0.1, 0.15) is 18.2 Å². The molecule has 8 nitrogen and oxygen atoms in total. The first kappa shape index (κ1) is 22.8. The van der Waals surface area contributed by atoms with Gasteiger partial charge in [-0.2, -0.15) is 4.31 Å². The summed E-state index contributed by atoms with van der Waals surface area (Å²) in [6.45, 7) is 5.69. The quantitative estimate of drug-likeness (QED) is 0.637. The van der Waals surface area contributed by atoms with Crippen molar-refractivity contribution in [3.05, 3.63) is 41.3 Å². The number of piperazine rings is 1. The first-order valence-corrected chi connectivity index (χ1v) is 12.9. The van der Waals surface area contributed by atoms with E-state index < -0.39 is 15.9 Å². The fraction of sp³-hybridized carbons (Fsp3) is 0.455. The van der Waals surface area contributed by atoms with Gasteiger partial charge in [0.1, 0.15) is 9.96 Å². The summed E-state index contributed by atoms with van der Waals surface area (Å²) in [5.74, 6) is -0.0251. The average Bonchev–Trinajstić information content (AvgIpc) is 3.40. The predicted octanol–water partition coefficient (Wildman–Crippen LogP) is 2.34. The zero-order valence-electron chi connectivity index (χ0n) is 18.2. The van der Waals surface area contributed by atoms with E-state index in [9.17, 15) is 18.0 Å².